The molecule has 0 aliphatic rings. The average molecular weight is 227 g/mol. The van der Waals surface area contributed by atoms with E-state index in [-0.39, 0.29) is 0 Å². The maximum Gasteiger partial charge on any atom is 0.123 e. The minimum absolute atomic E-state index is 0.486. The van der Waals surface area contributed by atoms with Crippen LogP contribution in [0.3, 0.4) is 0 Å². The number of rotatable bonds is 6. The van der Waals surface area contributed by atoms with Gasteiger partial charge in [0.1, 0.15) is 18.1 Å². The zero-order valence-electron chi connectivity index (χ0n) is 8.83. The Morgan fingerprint density at radius 1 is 1.47 bits per heavy atom. The van der Waals surface area contributed by atoms with E-state index in [0.717, 1.165) is 23.5 Å². The van der Waals surface area contributed by atoms with Crippen LogP contribution in [-0.4, -0.2) is 19.6 Å². The summed E-state index contributed by atoms with van der Waals surface area (Å²) < 4.78 is 10.6. The molecule has 82 valence electrons. The lowest BCUT2D eigenvalue weighted by atomic mass is 10.1. The van der Waals surface area contributed by atoms with E-state index in [1.807, 2.05) is 24.3 Å². The number of hydrogen-bond donors (Lipinski definition) is 0. The van der Waals surface area contributed by atoms with Gasteiger partial charge in [-0.1, -0.05) is 6.08 Å². The summed E-state index contributed by atoms with van der Waals surface area (Å²) in [5, 5.41) is 0. The highest BCUT2D eigenvalue weighted by molar-refractivity contribution is 6.18. The summed E-state index contributed by atoms with van der Waals surface area (Å²) in [6, 6.07) is 5.71. The molecule has 15 heavy (non-hydrogen) atoms. The van der Waals surface area contributed by atoms with Crippen molar-refractivity contribution in [3.63, 3.8) is 0 Å². The Morgan fingerprint density at radius 2 is 2.27 bits per heavy atom. The molecule has 0 aliphatic heterocycles. The minimum atomic E-state index is 0.486. The molecule has 0 bridgehead atoms. The molecule has 0 N–H and O–H groups in total. The summed E-state index contributed by atoms with van der Waals surface area (Å²) in [6.45, 7) is 4.22. The minimum Gasteiger partial charge on any atom is -0.497 e. The molecular formula is C12H15ClO2. The number of ether oxygens (including phenoxy) is 2. The van der Waals surface area contributed by atoms with Crippen LogP contribution in [0.15, 0.2) is 30.9 Å². The first kappa shape index (κ1) is 11.9. The highest BCUT2D eigenvalue weighted by atomic mass is 35.5. The predicted molar refractivity (Wildman–Crippen MR) is 63.1 cm³/mol. The van der Waals surface area contributed by atoms with E-state index < -0.39 is 0 Å². The Morgan fingerprint density at radius 3 is 2.87 bits per heavy atom. The third-order valence-corrected chi connectivity index (χ3v) is 2.12. The molecule has 0 atom stereocenters. The third kappa shape index (κ3) is 3.48. The van der Waals surface area contributed by atoms with E-state index >= 15 is 0 Å². The van der Waals surface area contributed by atoms with Crippen LogP contribution in [0.5, 0.6) is 11.5 Å². The standard InChI is InChI=1S/C12H15ClO2/c1-3-4-10-9-11(14-2)5-6-12(10)15-8-7-13/h3,5-6,9H,1,4,7-8H2,2H3. The van der Waals surface area contributed by atoms with Gasteiger partial charge in [0.2, 0.25) is 0 Å². The number of halogens is 1. The number of hydrogen-bond acceptors (Lipinski definition) is 2. The molecule has 1 rings (SSSR count). The van der Waals surface area contributed by atoms with Gasteiger partial charge in [-0.05, 0) is 24.6 Å². The lowest BCUT2D eigenvalue weighted by Crippen LogP contribution is -2.01. The summed E-state index contributed by atoms with van der Waals surface area (Å²) in [5.74, 6) is 2.15. The van der Waals surface area contributed by atoms with Gasteiger partial charge in [-0.3, -0.25) is 0 Å². The van der Waals surface area contributed by atoms with E-state index in [9.17, 15) is 0 Å². The summed E-state index contributed by atoms with van der Waals surface area (Å²) in [4.78, 5) is 0. The molecular weight excluding hydrogens is 212 g/mol. The molecule has 1 aromatic rings. The number of benzene rings is 1. The first-order valence-corrected chi connectivity index (χ1v) is 5.32. The van der Waals surface area contributed by atoms with E-state index in [0.29, 0.717) is 12.5 Å². The molecule has 2 nitrogen and oxygen atoms in total. The predicted octanol–water partition coefficient (Wildman–Crippen LogP) is 3.04. The fourth-order valence-electron chi connectivity index (χ4n) is 1.29. The molecule has 0 aliphatic carbocycles. The number of allylic oxidation sites excluding steroid dienone is 1. The van der Waals surface area contributed by atoms with Crippen molar-refractivity contribution in [2.75, 3.05) is 19.6 Å². The van der Waals surface area contributed by atoms with Crippen LogP contribution in [0, 0.1) is 0 Å². The second-order valence-corrected chi connectivity index (χ2v) is 3.38. The molecule has 0 radical (unpaired) electrons. The smallest absolute Gasteiger partial charge is 0.123 e. The quantitative estimate of drug-likeness (QED) is 0.548. The van der Waals surface area contributed by atoms with Crippen molar-refractivity contribution in [2.24, 2.45) is 0 Å². The fraction of sp³-hybridized carbons (Fsp3) is 0.333. The zero-order valence-corrected chi connectivity index (χ0v) is 9.59. The Balaban J connectivity index is 2.87. The zero-order chi connectivity index (χ0) is 11.1. The van der Waals surface area contributed by atoms with Crippen molar-refractivity contribution in [1.29, 1.82) is 0 Å². The van der Waals surface area contributed by atoms with Gasteiger partial charge in [0, 0.05) is 5.56 Å². The van der Waals surface area contributed by atoms with Gasteiger partial charge in [0.25, 0.3) is 0 Å². The average Bonchev–Trinajstić information content (AvgIpc) is 2.27. The van der Waals surface area contributed by atoms with Gasteiger partial charge in [0.15, 0.2) is 0 Å². The third-order valence-electron chi connectivity index (χ3n) is 1.97. The highest BCUT2D eigenvalue weighted by Crippen LogP contribution is 2.24. The second kappa shape index (κ2) is 6.36. The van der Waals surface area contributed by atoms with Gasteiger partial charge >= 0.3 is 0 Å². The first-order chi connectivity index (χ1) is 7.31. The molecule has 1 aromatic carbocycles. The van der Waals surface area contributed by atoms with E-state index in [1.165, 1.54) is 0 Å². The van der Waals surface area contributed by atoms with Crippen molar-refractivity contribution >= 4 is 11.6 Å². The first-order valence-electron chi connectivity index (χ1n) is 4.78. The van der Waals surface area contributed by atoms with E-state index in [2.05, 4.69) is 6.58 Å². The van der Waals surface area contributed by atoms with Crippen LogP contribution in [0.4, 0.5) is 0 Å². The Bertz CT molecular complexity index is 323. The summed E-state index contributed by atoms with van der Waals surface area (Å²) in [7, 11) is 1.65. The monoisotopic (exact) mass is 226 g/mol. The number of alkyl halides is 1. The van der Waals surface area contributed by atoms with Gasteiger partial charge in [-0.2, -0.15) is 0 Å². The largest absolute Gasteiger partial charge is 0.497 e. The van der Waals surface area contributed by atoms with E-state index in [4.69, 9.17) is 21.1 Å². The molecule has 0 unspecified atom stereocenters. The SMILES string of the molecule is C=CCc1cc(OC)ccc1OCCCl. The Kier molecular flexibility index (Phi) is 5.05. The van der Waals surface area contributed by atoms with Crippen LogP contribution in [0.2, 0.25) is 0 Å². The van der Waals surface area contributed by atoms with Gasteiger partial charge < -0.3 is 9.47 Å². The van der Waals surface area contributed by atoms with Crippen molar-refractivity contribution < 1.29 is 9.47 Å². The molecule has 0 fully saturated rings. The molecule has 3 heteroatoms. The van der Waals surface area contributed by atoms with Gasteiger partial charge in [-0.15, -0.1) is 18.2 Å². The van der Waals surface area contributed by atoms with Crippen LogP contribution in [0.1, 0.15) is 5.56 Å². The summed E-state index contributed by atoms with van der Waals surface area (Å²) >= 11 is 5.57. The van der Waals surface area contributed by atoms with Crippen LogP contribution in [-0.2, 0) is 6.42 Å². The maximum absolute atomic E-state index is 5.57. The van der Waals surface area contributed by atoms with Gasteiger partial charge in [0.05, 0.1) is 13.0 Å². The topological polar surface area (TPSA) is 18.5 Å². The molecule has 0 heterocycles. The number of methoxy groups -OCH3 is 1. The maximum atomic E-state index is 5.57. The lowest BCUT2D eigenvalue weighted by Gasteiger charge is -2.10. The van der Waals surface area contributed by atoms with Crippen molar-refractivity contribution in [3.05, 3.63) is 36.4 Å². The van der Waals surface area contributed by atoms with Crippen LogP contribution >= 0.6 is 11.6 Å². The lowest BCUT2D eigenvalue weighted by molar-refractivity contribution is 0.338. The van der Waals surface area contributed by atoms with Crippen molar-refractivity contribution in [1.82, 2.24) is 0 Å². The molecule has 0 amide bonds. The fourth-order valence-corrected chi connectivity index (χ4v) is 1.36. The summed E-state index contributed by atoms with van der Waals surface area (Å²) in [5.41, 5.74) is 1.06. The molecule has 0 saturated carbocycles. The van der Waals surface area contributed by atoms with Crippen molar-refractivity contribution in [2.45, 2.75) is 6.42 Å². The van der Waals surface area contributed by atoms with Crippen LogP contribution in [0.25, 0.3) is 0 Å². The van der Waals surface area contributed by atoms with Crippen molar-refractivity contribution in [3.8, 4) is 11.5 Å². The Labute approximate surface area is 95.5 Å². The Hall–Kier alpha value is -1.15. The normalized spacial score (nSPS) is 9.73. The van der Waals surface area contributed by atoms with Crippen LogP contribution < -0.4 is 9.47 Å². The molecule has 0 spiro atoms. The van der Waals surface area contributed by atoms with E-state index in [1.54, 1.807) is 7.11 Å². The second-order valence-electron chi connectivity index (χ2n) is 3.00. The molecule has 0 saturated heterocycles. The molecule has 0 aromatic heterocycles. The summed E-state index contributed by atoms with van der Waals surface area (Å²) in [6.07, 6.45) is 2.59. The highest BCUT2D eigenvalue weighted by Gasteiger charge is 2.04. The van der Waals surface area contributed by atoms with Gasteiger partial charge in [-0.25, -0.2) is 0 Å².